The van der Waals surface area contributed by atoms with E-state index in [1.165, 1.54) is 19.3 Å². The van der Waals surface area contributed by atoms with Crippen molar-refractivity contribution in [2.75, 3.05) is 26.3 Å². The monoisotopic (exact) mass is 237 g/mol. The minimum absolute atomic E-state index is 0.342. The van der Waals surface area contributed by atoms with Gasteiger partial charge < -0.3 is 4.74 Å². The zero-order valence-electron chi connectivity index (χ0n) is 10.6. The molecular formula is C14H23NO2. The van der Waals surface area contributed by atoms with Crippen molar-refractivity contribution in [3.8, 4) is 0 Å². The second-order valence-corrected chi connectivity index (χ2v) is 5.78. The van der Waals surface area contributed by atoms with Gasteiger partial charge in [0.15, 0.2) is 0 Å². The standard InChI is InChI=1S/C14H23NO2/c16-14-11-3-1-2-4-12(14)13(6-5-11)15-7-9-17-10-8-15/h11-13H,1-10H2/t11-,12-,13-/m0/s1. The van der Waals surface area contributed by atoms with E-state index < -0.39 is 0 Å². The lowest BCUT2D eigenvalue weighted by Gasteiger charge is -2.42. The third kappa shape index (κ3) is 2.27. The summed E-state index contributed by atoms with van der Waals surface area (Å²) in [5, 5.41) is 0. The molecule has 2 aliphatic carbocycles. The Bertz CT molecular complexity index is 286. The number of hydrogen-bond acceptors (Lipinski definition) is 3. The predicted molar refractivity (Wildman–Crippen MR) is 65.9 cm³/mol. The number of Topliss-reactive ketones (excluding diaryl/α,β-unsaturated/α-hetero) is 1. The second-order valence-electron chi connectivity index (χ2n) is 5.78. The molecule has 2 saturated carbocycles. The predicted octanol–water partition coefficient (Wildman–Crippen LogP) is 1.86. The Kier molecular flexibility index (Phi) is 3.48. The average Bonchev–Trinajstić information content (AvgIpc) is 2.49. The molecule has 1 aliphatic heterocycles. The van der Waals surface area contributed by atoms with Crippen LogP contribution in [-0.4, -0.2) is 43.0 Å². The van der Waals surface area contributed by atoms with Gasteiger partial charge in [-0.3, -0.25) is 9.69 Å². The fraction of sp³-hybridized carbons (Fsp3) is 0.929. The van der Waals surface area contributed by atoms with Crippen molar-refractivity contribution in [1.29, 1.82) is 0 Å². The maximum atomic E-state index is 12.4. The molecule has 0 spiro atoms. The van der Waals surface area contributed by atoms with E-state index in [0.717, 1.165) is 45.6 Å². The summed E-state index contributed by atoms with van der Waals surface area (Å²) in [6, 6.07) is 0.528. The number of rotatable bonds is 1. The average molecular weight is 237 g/mol. The van der Waals surface area contributed by atoms with E-state index in [9.17, 15) is 4.79 Å². The lowest BCUT2D eigenvalue weighted by atomic mass is 9.75. The summed E-state index contributed by atoms with van der Waals surface area (Å²) in [5.41, 5.74) is 0. The molecule has 3 heteroatoms. The number of nitrogens with zero attached hydrogens (tertiary/aromatic N) is 1. The number of morpholine rings is 1. The normalized spacial score (nSPS) is 40.0. The highest BCUT2D eigenvalue weighted by atomic mass is 16.5. The summed E-state index contributed by atoms with van der Waals surface area (Å²) < 4.78 is 5.42. The molecule has 1 heterocycles. The summed E-state index contributed by atoms with van der Waals surface area (Å²) in [5.74, 6) is 1.33. The molecule has 0 aromatic carbocycles. The van der Waals surface area contributed by atoms with Crippen LogP contribution in [0.2, 0.25) is 0 Å². The minimum atomic E-state index is 0.342. The molecule has 0 N–H and O–H groups in total. The van der Waals surface area contributed by atoms with Gasteiger partial charge in [0.1, 0.15) is 5.78 Å². The van der Waals surface area contributed by atoms with Gasteiger partial charge in [0, 0.05) is 31.0 Å². The van der Waals surface area contributed by atoms with Gasteiger partial charge in [-0.15, -0.1) is 0 Å². The molecule has 96 valence electrons. The number of ketones is 1. The van der Waals surface area contributed by atoms with Crippen LogP contribution in [0.3, 0.4) is 0 Å². The summed E-state index contributed by atoms with van der Waals surface area (Å²) in [4.78, 5) is 14.9. The summed E-state index contributed by atoms with van der Waals surface area (Å²) >= 11 is 0. The highest BCUT2D eigenvalue weighted by Crippen LogP contribution is 2.38. The molecule has 0 radical (unpaired) electrons. The molecule has 1 saturated heterocycles. The van der Waals surface area contributed by atoms with Crippen LogP contribution in [0.15, 0.2) is 0 Å². The van der Waals surface area contributed by atoms with Crippen molar-refractivity contribution in [2.24, 2.45) is 11.8 Å². The molecule has 17 heavy (non-hydrogen) atoms. The van der Waals surface area contributed by atoms with E-state index in [1.54, 1.807) is 0 Å². The fourth-order valence-corrected chi connectivity index (χ4v) is 3.93. The molecule has 2 bridgehead atoms. The first-order valence-electron chi connectivity index (χ1n) is 7.22. The largest absolute Gasteiger partial charge is 0.379 e. The number of hydrogen-bond donors (Lipinski definition) is 0. The van der Waals surface area contributed by atoms with Crippen LogP contribution in [-0.2, 0) is 9.53 Å². The van der Waals surface area contributed by atoms with E-state index >= 15 is 0 Å². The van der Waals surface area contributed by atoms with Crippen molar-refractivity contribution in [3.05, 3.63) is 0 Å². The molecule has 0 unspecified atom stereocenters. The number of carbonyl (C=O) groups is 1. The second kappa shape index (κ2) is 5.07. The number of carbonyl (C=O) groups excluding carboxylic acids is 1. The Morgan fingerprint density at radius 1 is 1.00 bits per heavy atom. The lowest BCUT2D eigenvalue weighted by Crippen LogP contribution is -2.51. The first-order chi connectivity index (χ1) is 8.36. The van der Waals surface area contributed by atoms with E-state index in [0.29, 0.717) is 23.7 Å². The van der Waals surface area contributed by atoms with Gasteiger partial charge in [-0.2, -0.15) is 0 Å². The Balaban J connectivity index is 1.73. The van der Waals surface area contributed by atoms with Crippen LogP contribution in [0.5, 0.6) is 0 Å². The van der Waals surface area contributed by atoms with Gasteiger partial charge in [0.25, 0.3) is 0 Å². The maximum Gasteiger partial charge on any atom is 0.140 e. The molecule has 3 atom stereocenters. The highest BCUT2D eigenvalue weighted by Gasteiger charge is 2.41. The van der Waals surface area contributed by atoms with Crippen LogP contribution < -0.4 is 0 Å². The summed E-state index contributed by atoms with van der Waals surface area (Å²) in [6.45, 7) is 3.75. The van der Waals surface area contributed by atoms with Crippen LogP contribution in [0.4, 0.5) is 0 Å². The van der Waals surface area contributed by atoms with Crippen molar-refractivity contribution in [2.45, 2.75) is 44.6 Å². The highest BCUT2D eigenvalue weighted by molar-refractivity contribution is 5.85. The summed E-state index contributed by atoms with van der Waals surface area (Å²) in [7, 11) is 0. The Labute approximate surface area is 104 Å². The third-order valence-electron chi connectivity index (χ3n) is 4.88. The molecule has 3 nitrogen and oxygen atoms in total. The van der Waals surface area contributed by atoms with Gasteiger partial charge in [-0.25, -0.2) is 0 Å². The van der Waals surface area contributed by atoms with Crippen LogP contribution in [0.1, 0.15) is 38.5 Å². The quantitative estimate of drug-likeness (QED) is 0.697. The molecule has 0 aromatic heterocycles. The smallest absolute Gasteiger partial charge is 0.140 e. The molecule has 0 amide bonds. The van der Waals surface area contributed by atoms with E-state index in [-0.39, 0.29) is 0 Å². The topological polar surface area (TPSA) is 29.5 Å². The van der Waals surface area contributed by atoms with Crippen LogP contribution in [0.25, 0.3) is 0 Å². The first kappa shape index (κ1) is 11.7. The SMILES string of the molecule is O=C1[C@H]2CCCC[C@H]1[C@@H](N1CCOCC1)CC2. The number of ether oxygens (including phenoxy) is 1. The van der Waals surface area contributed by atoms with Crippen LogP contribution in [0, 0.1) is 11.8 Å². The Morgan fingerprint density at radius 3 is 2.59 bits per heavy atom. The molecule has 3 fully saturated rings. The summed E-state index contributed by atoms with van der Waals surface area (Å²) in [6.07, 6.45) is 7.19. The van der Waals surface area contributed by atoms with Gasteiger partial charge in [-0.05, 0) is 25.7 Å². The third-order valence-corrected chi connectivity index (χ3v) is 4.88. The van der Waals surface area contributed by atoms with Crippen LogP contribution >= 0.6 is 0 Å². The minimum Gasteiger partial charge on any atom is -0.379 e. The molecule has 3 rings (SSSR count). The van der Waals surface area contributed by atoms with Crippen molar-refractivity contribution >= 4 is 5.78 Å². The molecule has 0 aromatic rings. The molecule has 3 aliphatic rings. The zero-order valence-corrected chi connectivity index (χ0v) is 10.6. The first-order valence-corrected chi connectivity index (χ1v) is 7.22. The zero-order chi connectivity index (χ0) is 11.7. The molecular weight excluding hydrogens is 214 g/mol. The van der Waals surface area contributed by atoms with Gasteiger partial charge in [0.2, 0.25) is 0 Å². The maximum absolute atomic E-state index is 12.4. The van der Waals surface area contributed by atoms with Crippen molar-refractivity contribution < 1.29 is 9.53 Å². The van der Waals surface area contributed by atoms with Gasteiger partial charge in [0.05, 0.1) is 13.2 Å². The van der Waals surface area contributed by atoms with Gasteiger partial charge >= 0.3 is 0 Å². The van der Waals surface area contributed by atoms with Crippen molar-refractivity contribution in [1.82, 2.24) is 4.90 Å². The van der Waals surface area contributed by atoms with E-state index in [2.05, 4.69) is 4.90 Å². The van der Waals surface area contributed by atoms with Crippen molar-refractivity contribution in [3.63, 3.8) is 0 Å². The fourth-order valence-electron chi connectivity index (χ4n) is 3.93. The lowest BCUT2D eigenvalue weighted by molar-refractivity contribution is -0.133. The Morgan fingerprint density at radius 2 is 1.76 bits per heavy atom. The Hall–Kier alpha value is -0.410. The van der Waals surface area contributed by atoms with Gasteiger partial charge in [-0.1, -0.05) is 12.8 Å². The number of fused-ring (bicyclic) bond motifs is 2. The van der Waals surface area contributed by atoms with E-state index in [1.807, 2.05) is 0 Å². The van der Waals surface area contributed by atoms with E-state index in [4.69, 9.17) is 4.74 Å².